The number of carbonyl (C=O) groups is 1. The predicted octanol–water partition coefficient (Wildman–Crippen LogP) is 1.96. The van der Waals surface area contributed by atoms with Crippen LogP contribution in [0.15, 0.2) is 29.6 Å². The fraction of sp³-hybridized carbons (Fsp3) is 0.0769. The first-order valence-corrected chi connectivity index (χ1v) is 6.42. The molecule has 0 aliphatic carbocycles. The summed E-state index contributed by atoms with van der Waals surface area (Å²) in [6.07, 6.45) is 5.18. The molecule has 0 aliphatic rings. The molecule has 2 rings (SSSR count). The Hall–Kier alpha value is -2.72. The van der Waals surface area contributed by atoms with Crippen LogP contribution in [0.25, 0.3) is 0 Å². The Balaban J connectivity index is 2.01. The molecule has 0 spiro atoms. The van der Waals surface area contributed by atoms with E-state index in [1.807, 2.05) is 0 Å². The first-order chi connectivity index (χ1) is 9.60. The predicted molar refractivity (Wildman–Crippen MR) is 74.3 cm³/mol. The van der Waals surface area contributed by atoms with E-state index in [1.165, 1.54) is 23.5 Å². The quantitative estimate of drug-likeness (QED) is 0.529. The molecule has 7 heteroatoms. The number of rotatable bonds is 4. The number of aromatic nitrogens is 1. The molecule has 0 saturated heterocycles. The average Bonchev–Trinajstić information content (AvgIpc) is 2.94. The Morgan fingerprint density at radius 1 is 1.55 bits per heavy atom. The zero-order valence-electron chi connectivity index (χ0n) is 10.2. The molecule has 1 aromatic heterocycles. The number of hydrogen-bond donors (Lipinski definition) is 1. The molecule has 2 aromatic rings. The number of benzene rings is 1. The molecule has 6 nitrogen and oxygen atoms in total. The molecule has 0 bridgehead atoms. The molecule has 20 heavy (non-hydrogen) atoms. The molecule has 1 heterocycles. The normalized spacial score (nSPS) is 9.75. The summed E-state index contributed by atoms with van der Waals surface area (Å²) < 4.78 is 0. The summed E-state index contributed by atoms with van der Waals surface area (Å²) in [5, 5.41) is 15.3. The minimum absolute atomic E-state index is 0.0139. The lowest BCUT2D eigenvalue weighted by atomic mass is 10.2. The summed E-state index contributed by atoms with van der Waals surface area (Å²) in [5.41, 5.74) is 0.869. The van der Waals surface area contributed by atoms with Crippen LogP contribution in [-0.2, 0) is 6.54 Å². The standard InChI is InChI=1S/C13H9N3O3S/c1-2-12-15-11(8-20-12)13(17)14-7-9-4-3-5-10(6-9)16(18)19/h1,3-6,8H,7H2,(H,14,17). The van der Waals surface area contributed by atoms with Crippen LogP contribution in [0.1, 0.15) is 21.1 Å². The summed E-state index contributed by atoms with van der Waals surface area (Å²) in [7, 11) is 0. The van der Waals surface area contributed by atoms with Crippen LogP contribution < -0.4 is 5.32 Å². The highest BCUT2D eigenvalue weighted by Gasteiger charge is 2.10. The minimum atomic E-state index is -0.481. The van der Waals surface area contributed by atoms with Gasteiger partial charge in [0.05, 0.1) is 4.92 Å². The number of terminal acetylenes is 1. The third-order valence-electron chi connectivity index (χ3n) is 2.43. The Morgan fingerprint density at radius 2 is 2.35 bits per heavy atom. The Kier molecular flexibility index (Phi) is 4.08. The second-order valence-electron chi connectivity index (χ2n) is 3.79. The average molecular weight is 287 g/mol. The van der Waals surface area contributed by atoms with Gasteiger partial charge in [-0.3, -0.25) is 14.9 Å². The molecule has 100 valence electrons. The van der Waals surface area contributed by atoms with Gasteiger partial charge in [0.1, 0.15) is 5.69 Å². The molecular weight excluding hydrogens is 278 g/mol. The van der Waals surface area contributed by atoms with E-state index in [1.54, 1.807) is 17.5 Å². The number of hydrogen-bond acceptors (Lipinski definition) is 5. The third-order valence-corrected chi connectivity index (χ3v) is 3.21. The van der Waals surface area contributed by atoms with Crippen molar-refractivity contribution in [3.05, 3.63) is 56.0 Å². The van der Waals surface area contributed by atoms with Gasteiger partial charge < -0.3 is 5.32 Å². The van der Waals surface area contributed by atoms with Crippen molar-refractivity contribution in [1.82, 2.24) is 10.3 Å². The summed E-state index contributed by atoms with van der Waals surface area (Å²) in [6.45, 7) is 0.184. The first-order valence-electron chi connectivity index (χ1n) is 5.54. The molecule has 1 aromatic carbocycles. The maximum Gasteiger partial charge on any atom is 0.271 e. The van der Waals surface area contributed by atoms with Crippen LogP contribution in [-0.4, -0.2) is 15.8 Å². The molecular formula is C13H9N3O3S. The molecule has 1 amide bonds. The van der Waals surface area contributed by atoms with Gasteiger partial charge in [-0.05, 0) is 11.5 Å². The van der Waals surface area contributed by atoms with E-state index in [-0.39, 0.29) is 23.8 Å². The van der Waals surface area contributed by atoms with Gasteiger partial charge >= 0.3 is 0 Å². The van der Waals surface area contributed by atoms with Crippen molar-refractivity contribution in [1.29, 1.82) is 0 Å². The molecule has 0 saturated carbocycles. The molecule has 1 N–H and O–H groups in total. The Labute approximate surface area is 118 Å². The largest absolute Gasteiger partial charge is 0.347 e. The summed E-state index contributed by atoms with van der Waals surface area (Å²) in [4.78, 5) is 25.9. The lowest BCUT2D eigenvalue weighted by molar-refractivity contribution is -0.384. The zero-order valence-corrected chi connectivity index (χ0v) is 11.0. The van der Waals surface area contributed by atoms with Crippen LogP contribution in [0.3, 0.4) is 0 Å². The highest BCUT2D eigenvalue weighted by atomic mass is 32.1. The fourth-order valence-electron chi connectivity index (χ4n) is 1.50. The minimum Gasteiger partial charge on any atom is -0.347 e. The second-order valence-corrected chi connectivity index (χ2v) is 4.65. The van der Waals surface area contributed by atoms with Crippen molar-refractivity contribution in [3.8, 4) is 12.3 Å². The Bertz CT molecular complexity index is 703. The highest BCUT2D eigenvalue weighted by Crippen LogP contribution is 2.13. The van der Waals surface area contributed by atoms with Crippen LogP contribution in [0.5, 0.6) is 0 Å². The van der Waals surface area contributed by atoms with Crippen molar-refractivity contribution < 1.29 is 9.72 Å². The number of thiazole rings is 1. The van der Waals surface area contributed by atoms with Gasteiger partial charge in [0.15, 0.2) is 5.01 Å². The summed E-state index contributed by atoms with van der Waals surface area (Å²) in [6, 6.07) is 6.07. The molecule has 0 fully saturated rings. The second kappa shape index (κ2) is 5.95. The van der Waals surface area contributed by atoms with Crippen LogP contribution in [0.2, 0.25) is 0 Å². The van der Waals surface area contributed by atoms with Crippen LogP contribution in [0, 0.1) is 22.5 Å². The number of nitro benzene ring substituents is 1. The first kappa shape index (κ1) is 13.7. The van der Waals surface area contributed by atoms with Gasteiger partial charge in [-0.15, -0.1) is 17.8 Å². The zero-order chi connectivity index (χ0) is 14.5. The third kappa shape index (κ3) is 3.18. The summed E-state index contributed by atoms with van der Waals surface area (Å²) >= 11 is 1.21. The van der Waals surface area contributed by atoms with Gasteiger partial charge in [-0.2, -0.15) is 0 Å². The Morgan fingerprint density at radius 3 is 3.00 bits per heavy atom. The topological polar surface area (TPSA) is 85.1 Å². The molecule has 0 aliphatic heterocycles. The van der Waals surface area contributed by atoms with Gasteiger partial charge in [0, 0.05) is 24.1 Å². The number of nitro groups is 1. The smallest absolute Gasteiger partial charge is 0.271 e. The maximum atomic E-state index is 11.8. The number of carbonyl (C=O) groups excluding carboxylic acids is 1. The molecule has 0 unspecified atom stereocenters. The monoisotopic (exact) mass is 287 g/mol. The van der Waals surface area contributed by atoms with Gasteiger partial charge in [-0.1, -0.05) is 12.1 Å². The molecule has 0 radical (unpaired) electrons. The lowest BCUT2D eigenvalue weighted by Gasteiger charge is -2.03. The fourth-order valence-corrected chi connectivity index (χ4v) is 2.10. The van der Waals surface area contributed by atoms with E-state index in [2.05, 4.69) is 16.2 Å². The highest BCUT2D eigenvalue weighted by molar-refractivity contribution is 7.10. The van der Waals surface area contributed by atoms with Crippen LogP contribution >= 0.6 is 11.3 Å². The van der Waals surface area contributed by atoms with Gasteiger partial charge in [-0.25, -0.2) is 4.98 Å². The van der Waals surface area contributed by atoms with Crippen molar-refractivity contribution in [2.45, 2.75) is 6.54 Å². The van der Waals surface area contributed by atoms with Crippen molar-refractivity contribution in [2.24, 2.45) is 0 Å². The van der Waals surface area contributed by atoms with Crippen molar-refractivity contribution >= 4 is 22.9 Å². The maximum absolute atomic E-state index is 11.8. The molecule has 0 atom stereocenters. The lowest BCUT2D eigenvalue weighted by Crippen LogP contribution is -2.23. The number of amides is 1. The van der Waals surface area contributed by atoms with E-state index in [0.717, 1.165) is 0 Å². The van der Waals surface area contributed by atoms with E-state index < -0.39 is 4.92 Å². The van der Waals surface area contributed by atoms with E-state index >= 15 is 0 Å². The number of non-ortho nitro benzene ring substituents is 1. The SMILES string of the molecule is C#Cc1nc(C(=O)NCc2cccc([N+](=O)[O-])c2)cs1. The van der Waals surface area contributed by atoms with E-state index in [0.29, 0.717) is 10.6 Å². The van der Waals surface area contributed by atoms with Gasteiger partial charge in [0.2, 0.25) is 0 Å². The summed E-state index contributed by atoms with van der Waals surface area (Å²) in [5.74, 6) is 1.98. The van der Waals surface area contributed by atoms with Crippen LogP contribution in [0.4, 0.5) is 5.69 Å². The van der Waals surface area contributed by atoms with Gasteiger partial charge in [0.25, 0.3) is 11.6 Å². The van der Waals surface area contributed by atoms with E-state index in [9.17, 15) is 14.9 Å². The van der Waals surface area contributed by atoms with Crippen molar-refractivity contribution in [2.75, 3.05) is 0 Å². The number of nitrogens with one attached hydrogen (secondary N) is 1. The number of nitrogens with zero attached hydrogens (tertiary/aromatic N) is 2. The van der Waals surface area contributed by atoms with Crippen molar-refractivity contribution in [3.63, 3.8) is 0 Å². The van der Waals surface area contributed by atoms with E-state index in [4.69, 9.17) is 6.42 Å².